The summed E-state index contributed by atoms with van der Waals surface area (Å²) in [5.74, 6) is 0.759. The van der Waals surface area contributed by atoms with Crippen LogP contribution in [0.3, 0.4) is 0 Å². The third-order valence-corrected chi connectivity index (χ3v) is 4.39. The molecule has 0 fully saturated rings. The Balaban J connectivity index is 1.52. The van der Waals surface area contributed by atoms with Gasteiger partial charge in [0.05, 0.1) is 6.04 Å². The fourth-order valence-electron chi connectivity index (χ4n) is 2.29. The van der Waals surface area contributed by atoms with Gasteiger partial charge in [0.2, 0.25) is 0 Å². The number of amides is 2. The molecule has 1 atom stereocenters. The van der Waals surface area contributed by atoms with Crippen LogP contribution in [-0.2, 0) is 6.42 Å². The van der Waals surface area contributed by atoms with E-state index in [0.717, 1.165) is 23.2 Å². The summed E-state index contributed by atoms with van der Waals surface area (Å²) in [6, 6.07) is 13.5. The average Bonchev–Trinajstić information content (AvgIpc) is 3.16. The lowest BCUT2D eigenvalue weighted by molar-refractivity contribution is 0.236. The Morgan fingerprint density at radius 3 is 2.91 bits per heavy atom. The first-order valence-electron chi connectivity index (χ1n) is 7.27. The smallest absolute Gasteiger partial charge is 0.315 e. The van der Waals surface area contributed by atoms with Gasteiger partial charge in [-0.05, 0) is 36.9 Å². The SMILES string of the molecule is CC(NC(=O)NCCc1cccs1)c1cc2ccccc2o1. The van der Waals surface area contributed by atoms with Gasteiger partial charge in [0, 0.05) is 16.8 Å². The molecular formula is C17H18N2O2S. The van der Waals surface area contributed by atoms with Crippen molar-refractivity contribution in [1.29, 1.82) is 0 Å². The highest BCUT2D eigenvalue weighted by molar-refractivity contribution is 7.09. The molecule has 22 heavy (non-hydrogen) atoms. The van der Waals surface area contributed by atoms with Gasteiger partial charge in [0.1, 0.15) is 11.3 Å². The average molecular weight is 314 g/mol. The fourth-order valence-corrected chi connectivity index (χ4v) is 3.00. The number of fused-ring (bicyclic) bond motifs is 1. The number of urea groups is 1. The summed E-state index contributed by atoms with van der Waals surface area (Å²) in [4.78, 5) is 13.2. The molecule has 3 rings (SSSR count). The predicted octanol–water partition coefficient (Wildman–Crippen LogP) is 4.10. The number of hydrogen-bond donors (Lipinski definition) is 2. The fraction of sp³-hybridized carbons (Fsp3) is 0.235. The minimum Gasteiger partial charge on any atom is -0.459 e. The highest BCUT2D eigenvalue weighted by Crippen LogP contribution is 2.23. The third kappa shape index (κ3) is 3.49. The van der Waals surface area contributed by atoms with E-state index in [1.54, 1.807) is 11.3 Å². The third-order valence-electron chi connectivity index (χ3n) is 3.46. The Kier molecular flexibility index (Phi) is 4.44. The van der Waals surface area contributed by atoms with Crippen LogP contribution in [0.4, 0.5) is 4.79 Å². The molecule has 0 aliphatic carbocycles. The highest BCUT2D eigenvalue weighted by Gasteiger charge is 2.13. The van der Waals surface area contributed by atoms with E-state index < -0.39 is 0 Å². The molecule has 3 aromatic rings. The van der Waals surface area contributed by atoms with Crippen LogP contribution < -0.4 is 10.6 Å². The summed E-state index contributed by atoms with van der Waals surface area (Å²) in [6.07, 6.45) is 0.851. The quantitative estimate of drug-likeness (QED) is 0.745. The van der Waals surface area contributed by atoms with Crippen LogP contribution >= 0.6 is 11.3 Å². The zero-order valence-corrected chi connectivity index (χ0v) is 13.2. The first-order valence-corrected chi connectivity index (χ1v) is 8.15. The minimum absolute atomic E-state index is 0.172. The van der Waals surface area contributed by atoms with Crippen molar-refractivity contribution in [2.24, 2.45) is 0 Å². The van der Waals surface area contributed by atoms with E-state index >= 15 is 0 Å². The lowest BCUT2D eigenvalue weighted by Gasteiger charge is -2.12. The number of hydrogen-bond acceptors (Lipinski definition) is 3. The molecule has 0 aliphatic heterocycles. The second-order valence-corrected chi connectivity index (χ2v) is 6.17. The topological polar surface area (TPSA) is 54.3 Å². The van der Waals surface area contributed by atoms with Crippen molar-refractivity contribution in [3.63, 3.8) is 0 Å². The molecule has 2 N–H and O–H groups in total. The number of para-hydroxylation sites is 1. The van der Waals surface area contributed by atoms with Crippen molar-refractivity contribution in [1.82, 2.24) is 10.6 Å². The standard InChI is InChI=1S/C17H18N2O2S/c1-12(16-11-13-5-2-3-7-15(13)21-16)19-17(20)18-9-8-14-6-4-10-22-14/h2-7,10-12H,8-9H2,1H3,(H2,18,19,20). The van der Waals surface area contributed by atoms with Crippen LogP contribution in [0.15, 0.2) is 52.3 Å². The Hall–Kier alpha value is -2.27. The maximum absolute atomic E-state index is 11.9. The second-order valence-electron chi connectivity index (χ2n) is 5.14. The van der Waals surface area contributed by atoms with Crippen molar-refractivity contribution in [2.45, 2.75) is 19.4 Å². The van der Waals surface area contributed by atoms with Gasteiger partial charge >= 0.3 is 6.03 Å². The summed E-state index contributed by atoms with van der Waals surface area (Å²) in [7, 11) is 0. The van der Waals surface area contributed by atoms with E-state index in [0.29, 0.717) is 6.54 Å². The van der Waals surface area contributed by atoms with Gasteiger partial charge in [-0.25, -0.2) is 4.79 Å². The van der Waals surface area contributed by atoms with Gasteiger partial charge in [-0.2, -0.15) is 0 Å². The Labute approximate surface area is 133 Å². The normalized spacial score (nSPS) is 12.2. The first-order chi connectivity index (χ1) is 10.7. The molecule has 114 valence electrons. The second kappa shape index (κ2) is 6.66. The zero-order chi connectivity index (χ0) is 15.4. The molecule has 5 heteroatoms. The largest absolute Gasteiger partial charge is 0.459 e. The molecule has 0 saturated carbocycles. The number of carbonyl (C=O) groups excluding carboxylic acids is 1. The highest BCUT2D eigenvalue weighted by atomic mass is 32.1. The molecule has 0 saturated heterocycles. The van der Waals surface area contributed by atoms with E-state index in [-0.39, 0.29) is 12.1 Å². The van der Waals surface area contributed by atoms with Crippen molar-refractivity contribution in [2.75, 3.05) is 6.54 Å². The van der Waals surface area contributed by atoms with E-state index in [4.69, 9.17) is 4.42 Å². The molecule has 4 nitrogen and oxygen atoms in total. The van der Waals surface area contributed by atoms with Gasteiger partial charge in [0.15, 0.2) is 0 Å². The Morgan fingerprint density at radius 1 is 1.27 bits per heavy atom. The van der Waals surface area contributed by atoms with Crippen LogP contribution in [0.1, 0.15) is 23.6 Å². The van der Waals surface area contributed by atoms with Crippen LogP contribution in [0, 0.1) is 0 Å². The molecule has 0 bridgehead atoms. The van der Waals surface area contributed by atoms with Gasteiger partial charge in [0.25, 0.3) is 0 Å². The summed E-state index contributed by atoms with van der Waals surface area (Å²) < 4.78 is 5.75. The molecule has 2 heterocycles. The van der Waals surface area contributed by atoms with E-state index in [9.17, 15) is 4.79 Å². The number of furan rings is 1. The van der Waals surface area contributed by atoms with E-state index in [2.05, 4.69) is 16.7 Å². The lowest BCUT2D eigenvalue weighted by Crippen LogP contribution is -2.37. The van der Waals surface area contributed by atoms with Crippen LogP contribution in [0.25, 0.3) is 11.0 Å². The summed E-state index contributed by atoms with van der Waals surface area (Å²) in [5.41, 5.74) is 0.837. The molecule has 2 amide bonds. The monoisotopic (exact) mass is 314 g/mol. The number of rotatable bonds is 5. The number of carbonyl (C=O) groups is 1. The molecule has 0 radical (unpaired) electrons. The van der Waals surface area contributed by atoms with Gasteiger partial charge in [-0.3, -0.25) is 0 Å². The maximum Gasteiger partial charge on any atom is 0.315 e. The van der Waals surface area contributed by atoms with Crippen LogP contribution in [0.5, 0.6) is 0 Å². The summed E-state index contributed by atoms with van der Waals surface area (Å²) in [5, 5.41) is 8.85. The number of thiophene rings is 1. The Bertz CT molecular complexity index is 716. The van der Waals surface area contributed by atoms with Crippen LogP contribution in [-0.4, -0.2) is 12.6 Å². The lowest BCUT2D eigenvalue weighted by atomic mass is 10.2. The van der Waals surface area contributed by atoms with Crippen LogP contribution in [0.2, 0.25) is 0 Å². The van der Waals surface area contributed by atoms with Gasteiger partial charge in [-0.1, -0.05) is 24.3 Å². The summed E-state index contributed by atoms with van der Waals surface area (Å²) >= 11 is 1.70. The number of benzene rings is 1. The minimum atomic E-state index is -0.176. The van der Waals surface area contributed by atoms with Gasteiger partial charge in [-0.15, -0.1) is 11.3 Å². The number of nitrogens with one attached hydrogen (secondary N) is 2. The Morgan fingerprint density at radius 2 is 2.14 bits per heavy atom. The van der Waals surface area contributed by atoms with Crippen molar-refractivity contribution >= 4 is 28.3 Å². The molecule has 1 unspecified atom stereocenters. The predicted molar refractivity (Wildman–Crippen MR) is 89.2 cm³/mol. The van der Waals surface area contributed by atoms with E-state index in [1.165, 1.54) is 4.88 Å². The van der Waals surface area contributed by atoms with Gasteiger partial charge < -0.3 is 15.1 Å². The molecule has 0 aliphatic rings. The van der Waals surface area contributed by atoms with E-state index in [1.807, 2.05) is 48.7 Å². The first kappa shape index (κ1) is 14.7. The molecule has 2 aromatic heterocycles. The molecule has 1 aromatic carbocycles. The van der Waals surface area contributed by atoms with Crippen molar-refractivity contribution < 1.29 is 9.21 Å². The summed E-state index contributed by atoms with van der Waals surface area (Å²) in [6.45, 7) is 2.54. The molecule has 0 spiro atoms. The van der Waals surface area contributed by atoms with Crippen molar-refractivity contribution in [3.8, 4) is 0 Å². The molecular weight excluding hydrogens is 296 g/mol. The van der Waals surface area contributed by atoms with Crippen molar-refractivity contribution in [3.05, 3.63) is 58.5 Å². The maximum atomic E-state index is 11.9. The zero-order valence-electron chi connectivity index (χ0n) is 12.3.